The number of pyridine rings is 1. The highest BCUT2D eigenvalue weighted by Gasteiger charge is 2.26. The standard InChI is InChI=1S/C21H21Cl2N5O2S/c1-13-8-16(23)15(11-24)21(25-13)31-7-6-27-2-4-28(5-3-27)18-10-14(22)9-17-20(18)30-12-19(29)26-17/h8-10H,2-7,12H2,1H3,(H,26,29). The Hall–Kier alpha value is -2.18. The van der Waals surface area contributed by atoms with Gasteiger partial charge >= 0.3 is 0 Å². The summed E-state index contributed by atoms with van der Waals surface area (Å²) in [6.07, 6.45) is 0. The molecule has 31 heavy (non-hydrogen) atoms. The van der Waals surface area contributed by atoms with Gasteiger partial charge in [-0.05, 0) is 25.1 Å². The van der Waals surface area contributed by atoms with Gasteiger partial charge < -0.3 is 15.0 Å². The second-order valence-corrected chi connectivity index (χ2v) is 9.28. The Labute approximate surface area is 195 Å². The summed E-state index contributed by atoms with van der Waals surface area (Å²) in [5.74, 6) is 1.33. The highest BCUT2D eigenvalue weighted by atomic mass is 35.5. The summed E-state index contributed by atoms with van der Waals surface area (Å²) < 4.78 is 5.68. The van der Waals surface area contributed by atoms with Crippen LogP contribution in [0.1, 0.15) is 11.3 Å². The van der Waals surface area contributed by atoms with Crippen LogP contribution in [0.5, 0.6) is 5.75 Å². The van der Waals surface area contributed by atoms with Crippen LogP contribution in [0.3, 0.4) is 0 Å². The van der Waals surface area contributed by atoms with E-state index in [2.05, 4.69) is 26.2 Å². The number of aromatic nitrogens is 1. The number of carbonyl (C=O) groups is 1. The van der Waals surface area contributed by atoms with E-state index in [-0.39, 0.29) is 12.5 Å². The van der Waals surface area contributed by atoms with E-state index in [1.165, 1.54) is 0 Å². The van der Waals surface area contributed by atoms with E-state index in [1.54, 1.807) is 23.9 Å². The predicted molar refractivity (Wildman–Crippen MR) is 124 cm³/mol. The zero-order valence-electron chi connectivity index (χ0n) is 17.0. The topological polar surface area (TPSA) is 81.5 Å². The molecule has 1 aromatic heterocycles. The van der Waals surface area contributed by atoms with Crippen molar-refractivity contribution < 1.29 is 9.53 Å². The molecule has 0 atom stereocenters. The van der Waals surface area contributed by atoms with Crippen molar-refractivity contribution in [1.29, 1.82) is 5.26 Å². The largest absolute Gasteiger partial charge is 0.479 e. The van der Waals surface area contributed by atoms with Crippen LogP contribution >= 0.6 is 35.0 Å². The minimum absolute atomic E-state index is 0.0144. The van der Waals surface area contributed by atoms with Crippen molar-refractivity contribution in [2.45, 2.75) is 11.9 Å². The Bertz CT molecular complexity index is 1050. The number of halogens is 2. The summed E-state index contributed by atoms with van der Waals surface area (Å²) >= 11 is 14.0. The molecule has 0 aliphatic carbocycles. The summed E-state index contributed by atoms with van der Waals surface area (Å²) in [7, 11) is 0. The number of anilines is 2. The van der Waals surface area contributed by atoms with Gasteiger partial charge in [0.1, 0.15) is 16.7 Å². The number of amides is 1. The molecule has 1 N–H and O–H groups in total. The van der Waals surface area contributed by atoms with Crippen LogP contribution in [0.25, 0.3) is 0 Å². The van der Waals surface area contributed by atoms with Crippen LogP contribution in [-0.2, 0) is 4.79 Å². The smallest absolute Gasteiger partial charge is 0.262 e. The number of aryl methyl sites for hydroxylation is 1. The zero-order valence-corrected chi connectivity index (χ0v) is 19.3. The lowest BCUT2D eigenvalue weighted by molar-refractivity contribution is -0.118. The van der Waals surface area contributed by atoms with Crippen molar-refractivity contribution in [1.82, 2.24) is 9.88 Å². The molecule has 1 fully saturated rings. The number of hydrogen-bond acceptors (Lipinski definition) is 7. The molecule has 0 saturated carbocycles. The molecule has 7 nitrogen and oxygen atoms in total. The average molecular weight is 478 g/mol. The van der Waals surface area contributed by atoms with E-state index >= 15 is 0 Å². The monoisotopic (exact) mass is 477 g/mol. The molecule has 1 aromatic carbocycles. The molecule has 0 bridgehead atoms. The normalized spacial score (nSPS) is 16.3. The van der Waals surface area contributed by atoms with Crippen molar-refractivity contribution in [3.63, 3.8) is 0 Å². The molecule has 0 unspecified atom stereocenters. The molecule has 0 radical (unpaired) electrons. The number of piperazine rings is 1. The van der Waals surface area contributed by atoms with Crippen LogP contribution < -0.4 is 15.0 Å². The van der Waals surface area contributed by atoms with E-state index in [1.807, 2.05) is 13.0 Å². The van der Waals surface area contributed by atoms with Crippen LogP contribution in [-0.4, -0.2) is 60.9 Å². The number of thioether (sulfide) groups is 1. The Morgan fingerprint density at radius 2 is 2.03 bits per heavy atom. The van der Waals surface area contributed by atoms with Gasteiger partial charge in [0, 0.05) is 49.2 Å². The van der Waals surface area contributed by atoms with Gasteiger partial charge in [0.05, 0.1) is 16.4 Å². The van der Waals surface area contributed by atoms with Crippen molar-refractivity contribution in [3.05, 3.63) is 39.5 Å². The van der Waals surface area contributed by atoms with Crippen molar-refractivity contribution in [2.24, 2.45) is 0 Å². The molecule has 162 valence electrons. The van der Waals surface area contributed by atoms with Crippen molar-refractivity contribution in [3.8, 4) is 11.8 Å². The van der Waals surface area contributed by atoms with Crippen molar-refractivity contribution in [2.75, 3.05) is 55.3 Å². The molecule has 1 amide bonds. The van der Waals surface area contributed by atoms with Gasteiger partial charge in [-0.3, -0.25) is 9.69 Å². The lowest BCUT2D eigenvalue weighted by Crippen LogP contribution is -2.47. The Balaban J connectivity index is 1.34. The molecule has 3 heterocycles. The van der Waals surface area contributed by atoms with Crippen LogP contribution in [0.15, 0.2) is 23.2 Å². The first kappa shape index (κ1) is 22.0. The fraction of sp³-hybridized carbons (Fsp3) is 0.381. The van der Waals surface area contributed by atoms with Crippen LogP contribution in [0.4, 0.5) is 11.4 Å². The molecule has 1 saturated heterocycles. The fourth-order valence-electron chi connectivity index (χ4n) is 3.68. The summed E-state index contributed by atoms with van der Waals surface area (Å²) in [5.41, 5.74) is 2.78. The highest BCUT2D eigenvalue weighted by molar-refractivity contribution is 7.99. The summed E-state index contributed by atoms with van der Waals surface area (Å²) in [6.45, 7) is 6.21. The number of ether oxygens (including phenoxy) is 1. The van der Waals surface area contributed by atoms with E-state index in [0.29, 0.717) is 32.1 Å². The minimum atomic E-state index is -0.174. The second kappa shape index (κ2) is 9.53. The van der Waals surface area contributed by atoms with Gasteiger partial charge in [-0.2, -0.15) is 5.26 Å². The number of hydrogen-bond donors (Lipinski definition) is 1. The maximum absolute atomic E-state index is 11.6. The third-order valence-electron chi connectivity index (χ3n) is 5.19. The third kappa shape index (κ3) is 5.01. The highest BCUT2D eigenvalue weighted by Crippen LogP contribution is 2.41. The molecule has 0 spiro atoms. The van der Waals surface area contributed by atoms with E-state index in [4.69, 9.17) is 27.9 Å². The van der Waals surface area contributed by atoms with E-state index < -0.39 is 0 Å². The lowest BCUT2D eigenvalue weighted by Gasteiger charge is -2.37. The number of nitrogens with zero attached hydrogens (tertiary/aromatic N) is 4. The SMILES string of the molecule is Cc1cc(Cl)c(C#N)c(SCCN2CCN(c3cc(Cl)cc4c3OCC(=O)N4)CC2)n1. The summed E-state index contributed by atoms with van der Waals surface area (Å²) in [4.78, 5) is 20.7. The molecule has 10 heteroatoms. The van der Waals surface area contributed by atoms with Gasteiger partial charge in [-0.1, -0.05) is 23.2 Å². The summed E-state index contributed by atoms with van der Waals surface area (Å²) in [5, 5.41) is 13.9. The first-order chi connectivity index (χ1) is 14.9. The summed E-state index contributed by atoms with van der Waals surface area (Å²) in [6, 6.07) is 7.47. The second-order valence-electron chi connectivity index (χ2n) is 7.35. The van der Waals surface area contributed by atoms with E-state index in [9.17, 15) is 10.1 Å². The quantitative estimate of drug-likeness (QED) is 0.655. The molecular weight excluding hydrogens is 457 g/mol. The minimum Gasteiger partial charge on any atom is -0.479 e. The number of nitrogens with one attached hydrogen (secondary N) is 1. The van der Waals surface area contributed by atoms with Gasteiger partial charge in [0.15, 0.2) is 12.4 Å². The maximum Gasteiger partial charge on any atom is 0.262 e. The Morgan fingerprint density at radius 3 is 2.77 bits per heavy atom. The number of nitriles is 1. The van der Waals surface area contributed by atoms with E-state index in [0.717, 1.165) is 49.9 Å². The Kier molecular flexibility index (Phi) is 6.77. The molecule has 4 rings (SSSR count). The van der Waals surface area contributed by atoms with Gasteiger partial charge in [-0.15, -0.1) is 11.8 Å². The van der Waals surface area contributed by atoms with Crippen LogP contribution in [0, 0.1) is 18.3 Å². The lowest BCUT2D eigenvalue weighted by atomic mass is 10.2. The number of rotatable bonds is 5. The molecule has 2 aliphatic rings. The zero-order chi connectivity index (χ0) is 22.0. The molecule has 2 aromatic rings. The first-order valence-electron chi connectivity index (χ1n) is 9.88. The average Bonchev–Trinajstić information content (AvgIpc) is 2.73. The van der Waals surface area contributed by atoms with Gasteiger partial charge in [0.25, 0.3) is 5.91 Å². The predicted octanol–water partition coefficient (Wildman–Crippen LogP) is 3.81. The Morgan fingerprint density at radius 1 is 1.26 bits per heavy atom. The fourth-order valence-corrected chi connectivity index (χ4v) is 5.29. The molecular formula is C21H21Cl2N5O2S. The van der Waals surface area contributed by atoms with Crippen LogP contribution in [0.2, 0.25) is 10.0 Å². The number of benzene rings is 1. The first-order valence-corrected chi connectivity index (χ1v) is 11.6. The number of carbonyl (C=O) groups excluding carboxylic acids is 1. The third-order valence-corrected chi connectivity index (χ3v) is 6.66. The maximum atomic E-state index is 11.6. The molecule has 2 aliphatic heterocycles. The van der Waals surface area contributed by atoms with Gasteiger partial charge in [0.2, 0.25) is 0 Å². The van der Waals surface area contributed by atoms with Gasteiger partial charge in [-0.25, -0.2) is 4.98 Å². The van der Waals surface area contributed by atoms with Crippen molar-refractivity contribution >= 4 is 52.2 Å². The number of fused-ring (bicyclic) bond motifs is 1.